The van der Waals surface area contributed by atoms with Crippen molar-refractivity contribution in [3.63, 3.8) is 0 Å². The van der Waals surface area contributed by atoms with Crippen molar-refractivity contribution >= 4 is 23.2 Å². The second-order valence-corrected chi connectivity index (χ2v) is 5.03. The summed E-state index contributed by atoms with van der Waals surface area (Å²) in [5, 5.41) is 0. The Balaban J connectivity index is 2.33. The van der Waals surface area contributed by atoms with Gasteiger partial charge in [0.1, 0.15) is 11.6 Å². The van der Waals surface area contributed by atoms with Gasteiger partial charge in [0.25, 0.3) is 0 Å². The number of nitrogens with zero attached hydrogens (tertiary/aromatic N) is 1. The van der Waals surface area contributed by atoms with Gasteiger partial charge in [-0.2, -0.15) is 0 Å². The van der Waals surface area contributed by atoms with Gasteiger partial charge < -0.3 is 9.64 Å². The lowest BCUT2D eigenvalue weighted by atomic mass is 10.1. The first-order chi connectivity index (χ1) is 10.2. The summed E-state index contributed by atoms with van der Waals surface area (Å²) >= 11 is 5.75. The van der Waals surface area contributed by atoms with Gasteiger partial charge in [-0.05, 0) is 25.1 Å². The molecule has 3 nitrogen and oxygen atoms in total. The number of anilines is 1. The fourth-order valence-corrected chi connectivity index (χ4v) is 2.27. The first kappa shape index (κ1) is 15.4. The van der Waals surface area contributed by atoms with Crippen molar-refractivity contribution in [2.24, 2.45) is 0 Å². The van der Waals surface area contributed by atoms with E-state index in [1.54, 1.807) is 12.0 Å². The van der Waals surface area contributed by atoms with Gasteiger partial charge in [-0.3, -0.25) is 4.79 Å². The molecule has 0 saturated heterocycles. The Kier molecular flexibility index (Phi) is 5.23. The van der Waals surface area contributed by atoms with E-state index in [1.807, 2.05) is 55.5 Å². The Morgan fingerprint density at radius 3 is 2.43 bits per heavy atom. The standard InChI is InChI=1S/C17H18ClNO2/c1-13-7-9-15(10-8-13)19(17(20)11-18)12-14-5-3-4-6-16(14)21-2/h3-10H,11-12H2,1-2H3. The van der Waals surface area contributed by atoms with Crippen LogP contribution < -0.4 is 9.64 Å². The predicted octanol–water partition coefficient (Wildman–Crippen LogP) is 3.78. The molecule has 0 N–H and O–H groups in total. The number of para-hydroxylation sites is 1. The van der Waals surface area contributed by atoms with Crippen molar-refractivity contribution in [3.8, 4) is 5.75 Å². The Labute approximate surface area is 130 Å². The van der Waals surface area contributed by atoms with E-state index in [1.165, 1.54) is 0 Å². The van der Waals surface area contributed by atoms with E-state index in [-0.39, 0.29) is 11.8 Å². The highest BCUT2D eigenvalue weighted by molar-refractivity contribution is 6.29. The maximum absolute atomic E-state index is 12.2. The molecule has 4 heteroatoms. The maximum Gasteiger partial charge on any atom is 0.242 e. The van der Waals surface area contributed by atoms with Gasteiger partial charge >= 0.3 is 0 Å². The van der Waals surface area contributed by atoms with Crippen LogP contribution in [-0.4, -0.2) is 18.9 Å². The number of benzene rings is 2. The Bertz CT molecular complexity index is 610. The summed E-state index contributed by atoms with van der Waals surface area (Å²) in [6.07, 6.45) is 0. The molecule has 0 saturated carbocycles. The average Bonchev–Trinajstić information content (AvgIpc) is 2.53. The molecule has 0 atom stereocenters. The number of aryl methyl sites for hydroxylation is 1. The SMILES string of the molecule is COc1ccccc1CN(C(=O)CCl)c1ccc(C)cc1. The molecule has 0 fully saturated rings. The molecule has 110 valence electrons. The number of carbonyl (C=O) groups is 1. The highest BCUT2D eigenvalue weighted by Crippen LogP contribution is 2.24. The minimum atomic E-state index is -0.133. The van der Waals surface area contributed by atoms with Crippen LogP contribution in [0.3, 0.4) is 0 Å². The normalized spacial score (nSPS) is 10.2. The lowest BCUT2D eigenvalue weighted by molar-refractivity contribution is -0.116. The Morgan fingerprint density at radius 2 is 1.81 bits per heavy atom. The topological polar surface area (TPSA) is 29.5 Å². The molecule has 0 aliphatic heterocycles. The van der Waals surface area contributed by atoms with Crippen LogP contribution in [0.25, 0.3) is 0 Å². The monoisotopic (exact) mass is 303 g/mol. The molecule has 1 amide bonds. The minimum absolute atomic E-state index is 0.0526. The fraction of sp³-hybridized carbons (Fsp3) is 0.235. The van der Waals surface area contributed by atoms with Crippen LogP contribution in [0.2, 0.25) is 0 Å². The summed E-state index contributed by atoms with van der Waals surface area (Å²) in [6.45, 7) is 2.44. The molecule has 0 spiro atoms. The zero-order valence-electron chi connectivity index (χ0n) is 12.2. The zero-order valence-corrected chi connectivity index (χ0v) is 12.9. The third-order valence-corrected chi connectivity index (χ3v) is 3.51. The van der Waals surface area contributed by atoms with E-state index in [0.29, 0.717) is 6.54 Å². The summed E-state index contributed by atoms with van der Waals surface area (Å²) in [5.74, 6) is 0.576. The highest BCUT2D eigenvalue weighted by atomic mass is 35.5. The number of alkyl halides is 1. The van der Waals surface area contributed by atoms with Crippen LogP contribution in [0.4, 0.5) is 5.69 Å². The molecule has 2 aromatic carbocycles. The van der Waals surface area contributed by atoms with Crippen LogP contribution in [0.1, 0.15) is 11.1 Å². The predicted molar refractivity (Wildman–Crippen MR) is 86.1 cm³/mol. The van der Waals surface area contributed by atoms with Crippen molar-refractivity contribution in [2.75, 3.05) is 17.9 Å². The Morgan fingerprint density at radius 1 is 1.14 bits per heavy atom. The summed E-state index contributed by atoms with van der Waals surface area (Å²) in [6, 6.07) is 15.5. The second kappa shape index (κ2) is 7.14. The summed E-state index contributed by atoms with van der Waals surface area (Å²) < 4.78 is 5.34. The molecule has 0 aliphatic carbocycles. The van der Waals surface area contributed by atoms with Gasteiger partial charge in [0.15, 0.2) is 0 Å². The third-order valence-electron chi connectivity index (χ3n) is 3.28. The molecular weight excluding hydrogens is 286 g/mol. The zero-order chi connectivity index (χ0) is 15.2. The maximum atomic E-state index is 12.2. The quantitative estimate of drug-likeness (QED) is 0.787. The first-order valence-electron chi connectivity index (χ1n) is 6.70. The summed E-state index contributed by atoms with van der Waals surface area (Å²) in [7, 11) is 1.62. The Hall–Kier alpha value is -2.00. The van der Waals surface area contributed by atoms with Gasteiger partial charge in [-0.25, -0.2) is 0 Å². The minimum Gasteiger partial charge on any atom is -0.496 e. The van der Waals surface area contributed by atoms with Gasteiger partial charge in [0.05, 0.1) is 13.7 Å². The molecule has 21 heavy (non-hydrogen) atoms. The van der Waals surface area contributed by atoms with Gasteiger partial charge in [0.2, 0.25) is 5.91 Å². The van der Waals surface area contributed by atoms with Crippen molar-refractivity contribution in [1.82, 2.24) is 0 Å². The summed E-state index contributed by atoms with van der Waals surface area (Å²) in [4.78, 5) is 13.8. The number of hydrogen-bond acceptors (Lipinski definition) is 2. The molecule has 0 radical (unpaired) electrons. The lowest BCUT2D eigenvalue weighted by Crippen LogP contribution is -2.31. The van der Waals surface area contributed by atoms with Crippen molar-refractivity contribution in [3.05, 3.63) is 59.7 Å². The number of amides is 1. The van der Waals surface area contributed by atoms with E-state index in [0.717, 1.165) is 22.6 Å². The number of rotatable bonds is 5. The van der Waals surface area contributed by atoms with E-state index in [2.05, 4.69) is 0 Å². The largest absolute Gasteiger partial charge is 0.496 e. The molecule has 0 heterocycles. The van der Waals surface area contributed by atoms with Gasteiger partial charge in [0, 0.05) is 11.3 Å². The molecule has 0 unspecified atom stereocenters. The van der Waals surface area contributed by atoms with Crippen molar-refractivity contribution in [2.45, 2.75) is 13.5 Å². The molecule has 0 bridgehead atoms. The smallest absolute Gasteiger partial charge is 0.242 e. The van der Waals surface area contributed by atoms with E-state index in [4.69, 9.17) is 16.3 Å². The number of methoxy groups -OCH3 is 1. The van der Waals surface area contributed by atoms with Crippen LogP contribution in [0.15, 0.2) is 48.5 Å². The van der Waals surface area contributed by atoms with Gasteiger partial charge in [-0.15, -0.1) is 11.6 Å². The molecular formula is C17H18ClNO2. The molecule has 0 aromatic heterocycles. The van der Waals surface area contributed by atoms with Crippen LogP contribution >= 0.6 is 11.6 Å². The average molecular weight is 304 g/mol. The molecule has 0 aliphatic rings. The number of carbonyl (C=O) groups excluding carboxylic acids is 1. The van der Waals surface area contributed by atoms with Gasteiger partial charge in [-0.1, -0.05) is 35.9 Å². The van der Waals surface area contributed by atoms with E-state index in [9.17, 15) is 4.79 Å². The fourth-order valence-electron chi connectivity index (χ4n) is 2.12. The first-order valence-corrected chi connectivity index (χ1v) is 7.24. The van der Waals surface area contributed by atoms with Crippen molar-refractivity contribution in [1.29, 1.82) is 0 Å². The second-order valence-electron chi connectivity index (χ2n) is 4.76. The van der Waals surface area contributed by atoms with Crippen molar-refractivity contribution < 1.29 is 9.53 Å². The number of halogens is 1. The van der Waals surface area contributed by atoms with Crippen LogP contribution in [-0.2, 0) is 11.3 Å². The van der Waals surface area contributed by atoms with Crippen LogP contribution in [0, 0.1) is 6.92 Å². The lowest BCUT2D eigenvalue weighted by Gasteiger charge is -2.23. The summed E-state index contributed by atoms with van der Waals surface area (Å²) in [5.41, 5.74) is 2.92. The third kappa shape index (κ3) is 3.76. The molecule has 2 rings (SSSR count). The van der Waals surface area contributed by atoms with E-state index < -0.39 is 0 Å². The highest BCUT2D eigenvalue weighted by Gasteiger charge is 2.17. The molecule has 2 aromatic rings. The number of ether oxygens (including phenoxy) is 1. The number of hydrogen-bond donors (Lipinski definition) is 0. The van der Waals surface area contributed by atoms with Crippen LogP contribution in [0.5, 0.6) is 5.75 Å². The van der Waals surface area contributed by atoms with E-state index >= 15 is 0 Å².